The highest BCUT2D eigenvalue weighted by molar-refractivity contribution is 7.99. The van der Waals surface area contributed by atoms with Crippen molar-refractivity contribution in [3.63, 3.8) is 0 Å². The molecule has 0 saturated heterocycles. The molecule has 0 spiro atoms. The van der Waals surface area contributed by atoms with Crippen LogP contribution in [0.5, 0.6) is 5.88 Å². The van der Waals surface area contributed by atoms with E-state index in [-0.39, 0.29) is 5.88 Å². The van der Waals surface area contributed by atoms with Gasteiger partial charge < -0.3 is 15.5 Å². The summed E-state index contributed by atoms with van der Waals surface area (Å²) >= 11 is 7.38. The summed E-state index contributed by atoms with van der Waals surface area (Å²) in [5.74, 6) is 0.279. The van der Waals surface area contributed by atoms with Crippen LogP contribution in [0.1, 0.15) is 0 Å². The number of hydrogen-bond donors (Lipinski definition) is 2. The molecule has 3 N–H and O–H groups in total. The Bertz CT molecular complexity index is 819. The van der Waals surface area contributed by atoms with Crippen LogP contribution in [0.25, 0.3) is 11.0 Å². The van der Waals surface area contributed by atoms with Crippen LogP contribution in [0.2, 0.25) is 5.02 Å². The first kappa shape index (κ1) is 13.8. The molecule has 0 aliphatic carbocycles. The molecule has 0 fully saturated rings. The van der Waals surface area contributed by atoms with E-state index in [0.717, 1.165) is 10.4 Å². The zero-order valence-electron chi connectivity index (χ0n) is 10.7. The smallest absolute Gasteiger partial charge is 0.392 e. The summed E-state index contributed by atoms with van der Waals surface area (Å²) in [7, 11) is 0. The molecule has 2 heterocycles. The van der Waals surface area contributed by atoms with Gasteiger partial charge in [0.1, 0.15) is 10.4 Å². The number of carbonyl (C=O) groups is 1. The van der Waals surface area contributed by atoms with Gasteiger partial charge in [0.2, 0.25) is 5.88 Å². The van der Waals surface area contributed by atoms with E-state index < -0.39 is 6.09 Å². The first-order valence-corrected chi connectivity index (χ1v) is 7.20. The van der Waals surface area contributed by atoms with E-state index in [2.05, 4.69) is 9.97 Å². The molecule has 0 bridgehead atoms. The molecule has 106 valence electrons. The molecule has 3 rings (SSSR count). The normalized spacial score (nSPS) is 10.7. The van der Waals surface area contributed by atoms with Gasteiger partial charge in [-0.3, -0.25) is 4.98 Å². The minimum absolute atomic E-state index is 0.279. The average Bonchev–Trinajstić information content (AvgIpc) is 2.76. The van der Waals surface area contributed by atoms with Gasteiger partial charge in [-0.05, 0) is 30.3 Å². The van der Waals surface area contributed by atoms with Crippen molar-refractivity contribution in [3.8, 4) is 5.88 Å². The Morgan fingerprint density at radius 1 is 1.33 bits per heavy atom. The molecule has 1 aromatic carbocycles. The van der Waals surface area contributed by atoms with Gasteiger partial charge in [0.15, 0.2) is 0 Å². The van der Waals surface area contributed by atoms with Crippen molar-refractivity contribution in [3.05, 3.63) is 47.6 Å². The standard InChI is InChI=1S/C14H10ClN3O2S/c15-8-3-1-4-9(7-8)21-12-11-10(5-2-6-17-11)18-13(12)20-14(16)19/h1-7,18H,(H2,16,19). The molecule has 0 saturated carbocycles. The van der Waals surface area contributed by atoms with Gasteiger partial charge in [-0.2, -0.15) is 0 Å². The fourth-order valence-electron chi connectivity index (χ4n) is 1.89. The van der Waals surface area contributed by atoms with Crippen molar-refractivity contribution < 1.29 is 9.53 Å². The van der Waals surface area contributed by atoms with Gasteiger partial charge in [0.05, 0.1) is 5.52 Å². The number of halogens is 1. The van der Waals surface area contributed by atoms with Crippen molar-refractivity contribution in [1.82, 2.24) is 9.97 Å². The van der Waals surface area contributed by atoms with Crippen LogP contribution in [-0.2, 0) is 0 Å². The highest BCUT2D eigenvalue weighted by atomic mass is 35.5. The summed E-state index contributed by atoms with van der Waals surface area (Å²) in [6.45, 7) is 0. The zero-order chi connectivity index (χ0) is 14.8. The van der Waals surface area contributed by atoms with E-state index in [0.29, 0.717) is 15.4 Å². The number of pyridine rings is 1. The number of primary amides is 1. The zero-order valence-corrected chi connectivity index (χ0v) is 12.2. The second kappa shape index (κ2) is 5.67. The van der Waals surface area contributed by atoms with E-state index in [4.69, 9.17) is 22.1 Å². The molecule has 21 heavy (non-hydrogen) atoms. The van der Waals surface area contributed by atoms with Crippen LogP contribution in [0.15, 0.2) is 52.4 Å². The molecular formula is C14H10ClN3O2S. The highest BCUT2D eigenvalue weighted by Gasteiger charge is 2.17. The van der Waals surface area contributed by atoms with E-state index in [1.807, 2.05) is 24.3 Å². The summed E-state index contributed by atoms with van der Waals surface area (Å²) in [6.07, 6.45) is 0.793. The number of aromatic amines is 1. The molecule has 0 radical (unpaired) electrons. The lowest BCUT2D eigenvalue weighted by Crippen LogP contribution is -2.16. The maximum atomic E-state index is 11.0. The Morgan fingerprint density at radius 2 is 2.19 bits per heavy atom. The topological polar surface area (TPSA) is 81.0 Å². The number of amides is 1. The quantitative estimate of drug-likeness (QED) is 0.769. The molecule has 7 heteroatoms. The van der Waals surface area contributed by atoms with Crippen LogP contribution in [-0.4, -0.2) is 16.1 Å². The number of fused-ring (bicyclic) bond motifs is 1. The minimum Gasteiger partial charge on any atom is -0.392 e. The SMILES string of the molecule is NC(=O)Oc1[nH]c2cccnc2c1Sc1cccc(Cl)c1. The second-order valence-electron chi connectivity index (χ2n) is 4.16. The number of carbonyl (C=O) groups excluding carboxylic acids is 1. The van der Waals surface area contributed by atoms with Gasteiger partial charge in [0, 0.05) is 16.1 Å². The van der Waals surface area contributed by atoms with Gasteiger partial charge in [-0.1, -0.05) is 29.4 Å². The van der Waals surface area contributed by atoms with Crippen molar-refractivity contribution in [2.45, 2.75) is 9.79 Å². The lowest BCUT2D eigenvalue weighted by Gasteiger charge is -2.04. The lowest BCUT2D eigenvalue weighted by atomic mass is 10.4. The van der Waals surface area contributed by atoms with E-state index in [1.165, 1.54) is 11.8 Å². The Kier molecular flexibility index (Phi) is 3.72. The number of rotatable bonds is 3. The average molecular weight is 320 g/mol. The van der Waals surface area contributed by atoms with Crippen LogP contribution in [0.3, 0.4) is 0 Å². The number of H-pyrrole nitrogens is 1. The molecule has 0 unspecified atom stereocenters. The lowest BCUT2D eigenvalue weighted by molar-refractivity contribution is 0.208. The van der Waals surface area contributed by atoms with Gasteiger partial charge >= 0.3 is 6.09 Å². The number of ether oxygens (including phenoxy) is 1. The van der Waals surface area contributed by atoms with Crippen molar-refractivity contribution >= 4 is 40.5 Å². The predicted octanol–water partition coefficient (Wildman–Crippen LogP) is 3.83. The second-order valence-corrected chi connectivity index (χ2v) is 5.68. The fourth-order valence-corrected chi connectivity index (χ4v) is 3.16. The molecule has 2 aromatic heterocycles. The molecule has 0 atom stereocenters. The minimum atomic E-state index is -0.880. The van der Waals surface area contributed by atoms with Crippen molar-refractivity contribution in [2.75, 3.05) is 0 Å². The third-order valence-electron chi connectivity index (χ3n) is 2.70. The Hall–Kier alpha value is -2.18. The fraction of sp³-hybridized carbons (Fsp3) is 0. The molecule has 1 amide bonds. The highest BCUT2D eigenvalue weighted by Crippen LogP contribution is 2.40. The van der Waals surface area contributed by atoms with Gasteiger partial charge in [0.25, 0.3) is 0 Å². The molecule has 3 aromatic rings. The van der Waals surface area contributed by atoms with Crippen LogP contribution in [0, 0.1) is 0 Å². The van der Waals surface area contributed by atoms with Crippen LogP contribution >= 0.6 is 23.4 Å². The number of nitrogens with two attached hydrogens (primary N) is 1. The maximum absolute atomic E-state index is 11.0. The summed E-state index contributed by atoms with van der Waals surface area (Å²) in [4.78, 5) is 19.9. The number of aromatic nitrogens is 2. The molecular weight excluding hydrogens is 310 g/mol. The van der Waals surface area contributed by atoms with Crippen LogP contribution in [0.4, 0.5) is 4.79 Å². The van der Waals surface area contributed by atoms with E-state index in [1.54, 1.807) is 18.3 Å². The number of benzene rings is 1. The van der Waals surface area contributed by atoms with Gasteiger partial charge in [-0.25, -0.2) is 4.79 Å². The summed E-state index contributed by atoms with van der Waals surface area (Å²) in [6, 6.07) is 11.0. The number of nitrogens with zero attached hydrogens (tertiary/aromatic N) is 1. The summed E-state index contributed by atoms with van der Waals surface area (Å²) < 4.78 is 5.02. The number of nitrogens with one attached hydrogen (secondary N) is 1. The molecule has 5 nitrogen and oxygen atoms in total. The van der Waals surface area contributed by atoms with Gasteiger partial charge in [-0.15, -0.1) is 0 Å². The van der Waals surface area contributed by atoms with E-state index in [9.17, 15) is 4.79 Å². The summed E-state index contributed by atoms with van der Waals surface area (Å²) in [5.41, 5.74) is 6.57. The maximum Gasteiger partial charge on any atom is 0.411 e. The Balaban J connectivity index is 2.08. The van der Waals surface area contributed by atoms with Crippen LogP contribution < -0.4 is 10.5 Å². The third kappa shape index (κ3) is 2.96. The Labute approximate surface area is 129 Å². The first-order valence-electron chi connectivity index (χ1n) is 6.01. The Morgan fingerprint density at radius 3 is 2.95 bits per heavy atom. The molecule has 0 aliphatic rings. The van der Waals surface area contributed by atoms with Crippen molar-refractivity contribution in [2.24, 2.45) is 5.73 Å². The number of hydrogen-bond acceptors (Lipinski definition) is 4. The monoisotopic (exact) mass is 319 g/mol. The first-order chi connectivity index (χ1) is 10.1. The third-order valence-corrected chi connectivity index (χ3v) is 4.00. The van der Waals surface area contributed by atoms with Crippen molar-refractivity contribution in [1.29, 1.82) is 0 Å². The largest absolute Gasteiger partial charge is 0.411 e. The predicted molar refractivity (Wildman–Crippen MR) is 81.9 cm³/mol. The molecule has 0 aliphatic heterocycles. The van der Waals surface area contributed by atoms with E-state index >= 15 is 0 Å². The summed E-state index contributed by atoms with van der Waals surface area (Å²) in [5, 5.41) is 0.630.